The first kappa shape index (κ1) is 18.6. The molecule has 2 saturated carbocycles. The van der Waals surface area contributed by atoms with Crippen LogP contribution in [0.15, 0.2) is 0 Å². The Morgan fingerprint density at radius 3 is 1.43 bits per heavy atom. The molecule has 0 aliphatic heterocycles. The van der Waals surface area contributed by atoms with Crippen molar-refractivity contribution in [3.63, 3.8) is 0 Å². The summed E-state index contributed by atoms with van der Waals surface area (Å²) in [5.41, 5.74) is 0. The minimum Gasteiger partial charge on any atom is -0.353 e. The number of hydrogen-bond acceptors (Lipinski definition) is 3. The van der Waals surface area contributed by atoms with Crippen LogP contribution in [0.25, 0.3) is 0 Å². The predicted molar refractivity (Wildman–Crippen MR) is 96.5 cm³/mol. The molecule has 0 heterocycles. The third kappa shape index (κ3) is 7.15. The lowest BCUT2D eigenvalue weighted by atomic mass is 9.87. The number of amides is 2. The smallest absolute Gasteiger partial charge is 0.230 e. The molecule has 2 aliphatic rings. The summed E-state index contributed by atoms with van der Waals surface area (Å²) in [5.74, 6) is 2.53. The first-order chi connectivity index (χ1) is 11.0. The molecule has 2 amide bonds. The van der Waals surface area contributed by atoms with E-state index in [0.717, 1.165) is 37.5 Å². The summed E-state index contributed by atoms with van der Waals surface area (Å²) in [4.78, 5) is 23.9. The molecule has 0 spiro atoms. The SMILES string of the molecule is CC1CCC(NC(=O)CSCC(=O)NC2CCC(C)CC2)CC1. The van der Waals surface area contributed by atoms with Crippen molar-refractivity contribution < 1.29 is 9.59 Å². The van der Waals surface area contributed by atoms with Crippen LogP contribution in [-0.4, -0.2) is 35.4 Å². The Morgan fingerprint density at radius 1 is 0.739 bits per heavy atom. The fourth-order valence-electron chi connectivity index (χ4n) is 3.58. The van der Waals surface area contributed by atoms with Crippen molar-refractivity contribution in [3.05, 3.63) is 0 Å². The largest absolute Gasteiger partial charge is 0.353 e. The van der Waals surface area contributed by atoms with Gasteiger partial charge in [0.05, 0.1) is 11.5 Å². The molecule has 132 valence electrons. The molecule has 0 saturated heterocycles. The lowest BCUT2D eigenvalue weighted by molar-refractivity contribution is -0.119. The first-order valence-corrected chi connectivity index (χ1v) is 10.3. The van der Waals surface area contributed by atoms with Gasteiger partial charge < -0.3 is 10.6 Å². The topological polar surface area (TPSA) is 58.2 Å². The molecule has 0 bridgehead atoms. The number of rotatable bonds is 6. The molecule has 2 N–H and O–H groups in total. The van der Waals surface area contributed by atoms with Gasteiger partial charge in [-0.05, 0) is 63.2 Å². The number of carbonyl (C=O) groups excluding carboxylic acids is 2. The summed E-state index contributed by atoms with van der Waals surface area (Å²) in [7, 11) is 0. The normalized spacial score (nSPS) is 31.4. The van der Waals surface area contributed by atoms with Crippen LogP contribution >= 0.6 is 11.8 Å². The van der Waals surface area contributed by atoms with E-state index in [1.165, 1.54) is 37.4 Å². The van der Waals surface area contributed by atoms with Crippen molar-refractivity contribution in [1.82, 2.24) is 10.6 Å². The Morgan fingerprint density at radius 2 is 1.09 bits per heavy atom. The van der Waals surface area contributed by atoms with Crippen molar-refractivity contribution in [2.45, 2.75) is 77.3 Å². The number of carbonyl (C=O) groups is 2. The van der Waals surface area contributed by atoms with Crippen LogP contribution in [0.2, 0.25) is 0 Å². The van der Waals surface area contributed by atoms with E-state index in [0.29, 0.717) is 23.6 Å². The Balaban J connectivity index is 1.53. The summed E-state index contributed by atoms with van der Waals surface area (Å²) in [6.45, 7) is 4.55. The van der Waals surface area contributed by atoms with E-state index in [9.17, 15) is 9.59 Å². The second-order valence-corrected chi connectivity index (χ2v) is 8.53. The van der Waals surface area contributed by atoms with Gasteiger partial charge in [-0.15, -0.1) is 11.8 Å². The molecular formula is C18H32N2O2S. The summed E-state index contributed by atoms with van der Waals surface area (Å²) in [6, 6.07) is 0.690. The molecule has 2 rings (SSSR count). The van der Waals surface area contributed by atoms with Crippen molar-refractivity contribution in [2.24, 2.45) is 11.8 Å². The molecule has 2 aliphatic carbocycles. The molecule has 0 unspecified atom stereocenters. The molecule has 0 aromatic heterocycles. The van der Waals surface area contributed by atoms with Crippen molar-refractivity contribution in [1.29, 1.82) is 0 Å². The Labute approximate surface area is 144 Å². The van der Waals surface area contributed by atoms with Crippen LogP contribution in [0.3, 0.4) is 0 Å². The lowest BCUT2D eigenvalue weighted by Crippen LogP contribution is -2.39. The van der Waals surface area contributed by atoms with E-state index < -0.39 is 0 Å². The Kier molecular flexibility index (Phi) is 7.74. The van der Waals surface area contributed by atoms with Crippen LogP contribution in [0.4, 0.5) is 0 Å². The average molecular weight is 341 g/mol. The standard InChI is InChI=1S/C18H32N2O2S/c1-13-3-7-15(8-4-13)19-17(21)11-23-12-18(22)20-16-9-5-14(2)6-10-16/h13-16H,3-12H2,1-2H3,(H,19,21)(H,20,22). The summed E-state index contributed by atoms with van der Waals surface area (Å²) in [5, 5.41) is 6.22. The highest BCUT2D eigenvalue weighted by Gasteiger charge is 2.21. The minimum absolute atomic E-state index is 0.0776. The summed E-state index contributed by atoms with van der Waals surface area (Å²) >= 11 is 1.42. The fraction of sp³-hybridized carbons (Fsp3) is 0.889. The van der Waals surface area contributed by atoms with Crippen LogP contribution < -0.4 is 10.6 Å². The third-order valence-electron chi connectivity index (χ3n) is 5.23. The zero-order valence-electron chi connectivity index (χ0n) is 14.6. The van der Waals surface area contributed by atoms with Gasteiger partial charge >= 0.3 is 0 Å². The van der Waals surface area contributed by atoms with Gasteiger partial charge in [-0.25, -0.2) is 0 Å². The van der Waals surface area contributed by atoms with E-state index >= 15 is 0 Å². The molecule has 4 nitrogen and oxygen atoms in total. The summed E-state index contributed by atoms with van der Waals surface area (Å²) < 4.78 is 0. The van der Waals surface area contributed by atoms with Crippen molar-refractivity contribution in [2.75, 3.05) is 11.5 Å². The zero-order chi connectivity index (χ0) is 16.7. The van der Waals surface area contributed by atoms with E-state index in [1.54, 1.807) is 0 Å². The van der Waals surface area contributed by atoms with E-state index in [4.69, 9.17) is 0 Å². The van der Waals surface area contributed by atoms with Crippen LogP contribution in [-0.2, 0) is 9.59 Å². The molecule has 0 radical (unpaired) electrons. The molecule has 0 atom stereocenters. The Bertz CT molecular complexity index is 350. The molecule has 5 heteroatoms. The number of thioether (sulfide) groups is 1. The molecule has 2 fully saturated rings. The molecule has 0 aromatic rings. The minimum atomic E-state index is 0.0776. The maximum atomic E-state index is 11.9. The van der Waals surface area contributed by atoms with Crippen LogP contribution in [0.1, 0.15) is 65.2 Å². The van der Waals surface area contributed by atoms with Crippen molar-refractivity contribution >= 4 is 23.6 Å². The predicted octanol–water partition coefficient (Wildman–Crippen LogP) is 3.11. The van der Waals surface area contributed by atoms with Gasteiger partial charge in [-0.3, -0.25) is 9.59 Å². The maximum Gasteiger partial charge on any atom is 0.230 e. The number of hydrogen-bond donors (Lipinski definition) is 2. The third-order valence-corrected chi connectivity index (χ3v) is 6.16. The quantitative estimate of drug-likeness (QED) is 0.781. The Hall–Kier alpha value is -0.710. The summed E-state index contributed by atoms with van der Waals surface area (Å²) in [6.07, 6.45) is 9.22. The van der Waals surface area contributed by atoms with E-state index in [2.05, 4.69) is 24.5 Å². The maximum absolute atomic E-state index is 11.9. The second-order valence-electron chi connectivity index (χ2n) is 7.54. The molecular weight excluding hydrogens is 308 g/mol. The van der Waals surface area contributed by atoms with Gasteiger partial charge in [0.25, 0.3) is 0 Å². The van der Waals surface area contributed by atoms with Gasteiger partial charge in [0.1, 0.15) is 0 Å². The first-order valence-electron chi connectivity index (χ1n) is 9.19. The highest BCUT2D eigenvalue weighted by molar-refractivity contribution is 8.00. The van der Waals surface area contributed by atoms with Gasteiger partial charge in [-0.1, -0.05) is 13.8 Å². The zero-order valence-corrected chi connectivity index (χ0v) is 15.4. The second kappa shape index (κ2) is 9.55. The van der Waals surface area contributed by atoms with Gasteiger partial charge in [-0.2, -0.15) is 0 Å². The van der Waals surface area contributed by atoms with Gasteiger partial charge in [0.2, 0.25) is 11.8 Å². The fourth-order valence-corrected chi connectivity index (χ4v) is 4.22. The molecule has 0 aromatic carbocycles. The van der Waals surface area contributed by atoms with Crippen LogP contribution in [0.5, 0.6) is 0 Å². The number of nitrogens with one attached hydrogen (secondary N) is 2. The van der Waals surface area contributed by atoms with E-state index in [1.807, 2.05) is 0 Å². The van der Waals surface area contributed by atoms with Crippen molar-refractivity contribution in [3.8, 4) is 0 Å². The lowest BCUT2D eigenvalue weighted by Gasteiger charge is -2.27. The van der Waals surface area contributed by atoms with Gasteiger partial charge in [0.15, 0.2) is 0 Å². The highest BCUT2D eigenvalue weighted by atomic mass is 32.2. The van der Waals surface area contributed by atoms with E-state index in [-0.39, 0.29) is 11.8 Å². The molecule has 23 heavy (non-hydrogen) atoms. The highest BCUT2D eigenvalue weighted by Crippen LogP contribution is 2.24. The average Bonchev–Trinajstić information content (AvgIpc) is 2.52. The monoisotopic (exact) mass is 340 g/mol. The van der Waals surface area contributed by atoms with Crippen LogP contribution in [0, 0.1) is 11.8 Å². The van der Waals surface area contributed by atoms with Gasteiger partial charge in [0, 0.05) is 12.1 Å².